The van der Waals surface area contributed by atoms with Crippen molar-refractivity contribution in [2.45, 2.75) is 96.8 Å². The fraction of sp³-hybridized carbons (Fsp3) is 0.630. The number of unbranched alkanes of at least 4 members (excludes halogenated alkanes) is 11. The lowest BCUT2D eigenvalue weighted by atomic mass is 10.1. The van der Waals surface area contributed by atoms with E-state index in [1.54, 1.807) is 18.2 Å². The van der Waals surface area contributed by atoms with Gasteiger partial charge in [0.25, 0.3) is 0 Å². The zero-order valence-corrected chi connectivity index (χ0v) is 22.3. The molecule has 1 aromatic rings. The van der Waals surface area contributed by atoms with Crippen molar-refractivity contribution in [2.24, 2.45) is 4.99 Å². The smallest absolute Gasteiger partial charge is 0.303 e. The number of guanidine groups is 1. The second-order valence-corrected chi connectivity index (χ2v) is 9.42. The van der Waals surface area contributed by atoms with Crippen LogP contribution in [-0.2, 0) is 4.79 Å². The molecule has 0 aromatic heterocycles. The first-order valence-corrected chi connectivity index (χ1v) is 13.7. The molecule has 0 saturated carbocycles. The molecule has 34 heavy (non-hydrogen) atoms. The highest BCUT2D eigenvalue weighted by Gasteiger charge is 2.10. The number of para-hydroxylation sites is 1. The van der Waals surface area contributed by atoms with E-state index in [9.17, 15) is 4.79 Å². The normalized spacial score (nSPS) is 12.7. The number of hydrogen-bond acceptors (Lipinski definition) is 4. The summed E-state index contributed by atoms with van der Waals surface area (Å²) in [5, 5.41) is 15.8. The highest BCUT2D eigenvalue weighted by Crippen LogP contribution is 2.29. The van der Waals surface area contributed by atoms with Crippen LogP contribution >= 0.6 is 23.2 Å². The van der Waals surface area contributed by atoms with Crippen LogP contribution in [0, 0.1) is 0 Å². The third kappa shape index (κ3) is 16.0. The molecule has 0 radical (unpaired) electrons. The van der Waals surface area contributed by atoms with Crippen LogP contribution in [-0.4, -0.2) is 30.1 Å². The molecule has 7 heteroatoms. The second kappa shape index (κ2) is 20.6. The zero-order chi connectivity index (χ0) is 24.9. The highest BCUT2D eigenvalue weighted by molar-refractivity contribution is 6.39. The van der Waals surface area contributed by atoms with Gasteiger partial charge in [-0.1, -0.05) is 99.7 Å². The van der Waals surface area contributed by atoms with E-state index in [1.807, 2.05) is 0 Å². The van der Waals surface area contributed by atoms with E-state index in [-0.39, 0.29) is 0 Å². The van der Waals surface area contributed by atoms with E-state index >= 15 is 0 Å². The molecule has 0 bridgehead atoms. The monoisotopic (exact) mass is 511 g/mol. The van der Waals surface area contributed by atoms with E-state index in [4.69, 9.17) is 28.3 Å². The van der Waals surface area contributed by atoms with Gasteiger partial charge in [0.05, 0.1) is 22.3 Å². The van der Waals surface area contributed by atoms with Gasteiger partial charge in [0.2, 0.25) is 0 Å². The Labute approximate surface area is 216 Å². The number of rotatable bonds is 16. The minimum absolute atomic E-state index is 0.332. The number of aliphatic imine (C=N–C) groups is 1. The summed E-state index contributed by atoms with van der Waals surface area (Å²) < 4.78 is 0. The Morgan fingerprint density at radius 2 is 1.53 bits per heavy atom. The Morgan fingerprint density at radius 1 is 0.971 bits per heavy atom. The second-order valence-electron chi connectivity index (χ2n) is 8.61. The summed E-state index contributed by atoms with van der Waals surface area (Å²) in [7, 11) is 0. The van der Waals surface area contributed by atoms with Gasteiger partial charge in [-0.3, -0.25) is 9.79 Å². The maximum absolute atomic E-state index is 10.3. The topological polar surface area (TPSA) is 73.7 Å². The molecule has 0 saturated heterocycles. The summed E-state index contributed by atoms with van der Waals surface area (Å²) in [4.78, 5) is 14.5. The summed E-state index contributed by atoms with van der Waals surface area (Å²) in [5.74, 6) is 0.0580. The highest BCUT2D eigenvalue weighted by atomic mass is 35.5. The number of halogens is 2. The van der Waals surface area contributed by atoms with Crippen LogP contribution in [0.4, 0.5) is 5.69 Å². The van der Waals surface area contributed by atoms with Gasteiger partial charge in [-0.2, -0.15) is 0 Å². The van der Waals surface area contributed by atoms with Gasteiger partial charge in [0.1, 0.15) is 0 Å². The van der Waals surface area contributed by atoms with Gasteiger partial charge >= 0.3 is 5.97 Å². The molecule has 2 rings (SSSR count). The molecular weight excluding hydrogens is 469 g/mol. The summed E-state index contributed by atoms with van der Waals surface area (Å²) in [6, 6.07) is 5.37. The van der Waals surface area contributed by atoms with Crippen LogP contribution in [0.1, 0.15) is 96.8 Å². The number of nitrogens with zero attached hydrogens (tertiary/aromatic N) is 1. The van der Waals surface area contributed by atoms with Crippen LogP contribution in [0.3, 0.4) is 0 Å². The lowest BCUT2D eigenvalue weighted by Gasteiger charge is -2.09. The first-order valence-electron chi connectivity index (χ1n) is 12.9. The Bertz CT molecular complexity index is 718. The summed E-state index contributed by atoms with van der Waals surface area (Å²) >= 11 is 12.0. The van der Waals surface area contributed by atoms with Gasteiger partial charge in [-0.05, 0) is 44.2 Å². The maximum atomic E-state index is 10.3. The predicted molar refractivity (Wildman–Crippen MR) is 147 cm³/mol. The molecule has 1 aromatic carbocycles. The average Bonchev–Trinajstić information content (AvgIpc) is 3.33. The molecule has 5 nitrogen and oxygen atoms in total. The number of allylic oxidation sites excluding steroid dienone is 2. The average molecular weight is 513 g/mol. The van der Waals surface area contributed by atoms with Gasteiger partial charge in [0, 0.05) is 13.0 Å². The Hall–Kier alpha value is -1.72. The SMILES string of the molecule is CCCCCCCC/C=C\CCCCCCCC(=O)O.Clc1cccc(Cl)c1NC1=NCCN1. The largest absolute Gasteiger partial charge is 0.481 e. The quantitative estimate of drug-likeness (QED) is 0.153. The van der Waals surface area contributed by atoms with E-state index in [0.29, 0.717) is 22.2 Å². The lowest BCUT2D eigenvalue weighted by Crippen LogP contribution is -2.26. The van der Waals surface area contributed by atoms with E-state index in [0.717, 1.165) is 31.9 Å². The standard InChI is InChI=1S/C18H34O2.C9H9Cl2N3/c1-2-3-4-5-6-7-8-9-10-11-12-13-14-15-16-17-18(19)20;10-6-2-1-3-7(11)8(6)14-9-12-4-5-13-9/h9-10H,2-8,11-17H2,1H3,(H,19,20);1-3H,4-5H2,(H2,12,13,14)/b10-9-;. The van der Waals surface area contributed by atoms with E-state index in [2.05, 4.69) is 34.7 Å². The Balaban J connectivity index is 0.000000358. The molecule has 0 fully saturated rings. The van der Waals surface area contributed by atoms with Crippen molar-refractivity contribution in [1.29, 1.82) is 0 Å². The fourth-order valence-electron chi connectivity index (χ4n) is 3.56. The fourth-order valence-corrected chi connectivity index (χ4v) is 4.06. The van der Waals surface area contributed by atoms with Crippen LogP contribution in [0.15, 0.2) is 35.3 Å². The number of carboxylic acids is 1. The Kier molecular flexibility index (Phi) is 18.4. The summed E-state index contributed by atoms with van der Waals surface area (Å²) in [6.07, 6.45) is 21.2. The van der Waals surface area contributed by atoms with Crippen molar-refractivity contribution in [3.63, 3.8) is 0 Å². The third-order valence-electron chi connectivity index (χ3n) is 5.53. The van der Waals surface area contributed by atoms with Crippen LogP contribution in [0.25, 0.3) is 0 Å². The van der Waals surface area contributed by atoms with Gasteiger partial charge in [0.15, 0.2) is 5.96 Å². The first kappa shape index (κ1) is 30.3. The van der Waals surface area contributed by atoms with Crippen LogP contribution < -0.4 is 10.6 Å². The third-order valence-corrected chi connectivity index (χ3v) is 6.16. The van der Waals surface area contributed by atoms with E-state index in [1.165, 1.54) is 70.6 Å². The van der Waals surface area contributed by atoms with Crippen LogP contribution in [0.5, 0.6) is 0 Å². The van der Waals surface area contributed by atoms with Crippen molar-refractivity contribution in [1.82, 2.24) is 5.32 Å². The predicted octanol–water partition coefficient (Wildman–Crippen LogP) is 8.47. The number of aliphatic carboxylic acids is 1. The van der Waals surface area contributed by atoms with Gasteiger partial charge < -0.3 is 15.7 Å². The van der Waals surface area contributed by atoms with Crippen molar-refractivity contribution < 1.29 is 9.90 Å². The lowest BCUT2D eigenvalue weighted by molar-refractivity contribution is -0.137. The van der Waals surface area contributed by atoms with Crippen molar-refractivity contribution in [2.75, 3.05) is 18.4 Å². The molecule has 0 aliphatic carbocycles. The number of hydrogen-bond donors (Lipinski definition) is 3. The summed E-state index contributed by atoms with van der Waals surface area (Å²) in [6.45, 7) is 3.89. The minimum atomic E-state index is -0.664. The molecular formula is C27H43Cl2N3O2. The number of anilines is 1. The number of carbonyl (C=O) groups is 1. The molecule has 0 amide bonds. The number of benzene rings is 1. The molecule has 1 aliphatic heterocycles. The van der Waals surface area contributed by atoms with Crippen molar-refractivity contribution >= 4 is 40.8 Å². The van der Waals surface area contributed by atoms with E-state index < -0.39 is 5.97 Å². The number of nitrogens with one attached hydrogen (secondary N) is 2. The van der Waals surface area contributed by atoms with Gasteiger partial charge in [-0.25, -0.2) is 0 Å². The van der Waals surface area contributed by atoms with Gasteiger partial charge in [-0.15, -0.1) is 0 Å². The molecule has 1 heterocycles. The molecule has 192 valence electrons. The minimum Gasteiger partial charge on any atom is -0.481 e. The zero-order valence-electron chi connectivity index (χ0n) is 20.8. The number of carboxylic acid groups (broad SMARTS) is 1. The van der Waals surface area contributed by atoms with Crippen LogP contribution in [0.2, 0.25) is 10.0 Å². The molecule has 1 aliphatic rings. The molecule has 0 spiro atoms. The molecule has 0 unspecified atom stereocenters. The first-order chi connectivity index (χ1) is 16.5. The maximum Gasteiger partial charge on any atom is 0.303 e. The van der Waals surface area contributed by atoms with Crippen molar-refractivity contribution in [3.8, 4) is 0 Å². The molecule has 3 N–H and O–H groups in total. The summed E-state index contributed by atoms with van der Waals surface area (Å²) in [5.41, 5.74) is 0.698. The van der Waals surface area contributed by atoms with Crippen molar-refractivity contribution in [3.05, 3.63) is 40.4 Å². The molecule has 0 atom stereocenters. The Morgan fingerprint density at radius 3 is 2.06 bits per heavy atom.